The Bertz CT molecular complexity index is 619. The van der Waals surface area contributed by atoms with Crippen molar-refractivity contribution in [1.29, 1.82) is 0 Å². The molecule has 2 saturated heterocycles. The summed E-state index contributed by atoms with van der Waals surface area (Å²) in [5.74, 6) is 1.56. The second-order valence-electron chi connectivity index (χ2n) is 9.55. The fourth-order valence-electron chi connectivity index (χ4n) is 4.67. The van der Waals surface area contributed by atoms with Gasteiger partial charge in [-0.25, -0.2) is 4.79 Å². The fourth-order valence-corrected chi connectivity index (χ4v) is 4.67. The maximum atomic E-state index is 12.3. The van der Waals surface area contributed by atoms with E-state index in [4.69, 9.17) is 4.74 Å². The van der Waals surface area contributed by atoms with Crippen LogP contribution in [0.2, 0.25) is 0 Å². The first-order valence-corrected chi connectivity index (χ1v) is 11.2. The molecule has 4 nitrogen and oxygen atoms in total. The van der Waals surface area contributed by atoms with Gasteiger partial charge in [0.2, 0.25) is 0 Å². The number of piperidine rings is 2. The zero-order chi connectivity index (χ0) is 20.1. The van der Waals surface area contributed by atoms with E-state index in [1.807, 2.05) is 25.7 Å². The standard InChI is InChI=1S/C24H38N2O2/c1-5-6-19-7-9-22(10-8-19)25-15-11-20(12-16-25)21-13-17-26(18-14-21)23(27)28-24(2,3)4/h7-10,20-21H,5-6,11-18H2,1-4H3. The van der Waals surface area contributed by atoms with Crippen LogP contribution in [-0.4, -0.2) is 42.8 Å². The van der Waals surface area contributed by atoms with Crippen molar-refractivity contribution < 1.29 is 9.53 Å². The van der Waals surface area contributed by atoms with Crippen molar-refractivity contribution in [1.82, 2.24) is 4.90 Å². The maximum Gasteiger partial charge on any atom is 0.410 e. The Morgan fingerprint density at radius 2 is 1.50 bits per heavy atom. The van der Waals surface area contributed by atoms with Crippen LogP contribution >= 0.6 is 0 Å². The largest absolute Gasteiger partial charge is 0.444 e. The highest BCUT2D eigenvalue weighted by Gasteiger charge is 2.32. The molecular formula is C24H38N2O2. The molecule has 2 fully saturated rings. The molecular weight excluding hydrogens is 348 g/mol. The maximum absolute atomic E-state index is 12.3. The third kappa shape index (κ3) is 5.65. The van der Waals surface area contributed by atoms with E-state index < -0.39 is 5.60 Å². The molecule has 1 amide bonds. The van der Waals surface area contributed by atoms with Gasteiger partial charge in [0.1, 0.15) is 5.60 Å². The van der Waals surface area contributed by atoms with Gasteiger partial charge in [-0.05, 0) is 82.4 Å². The average molecular weight is 387 g/mol. The molecule has 3 rings (SSSR count). The number of benzene rings is 1. The lowest BCUT2D eigenvalue weighted by molar-refractivity contribution is 0.0152. The molecule has 2 heterocycles. The molecule has 0 N–H and O–H groups in total. The second kappa shape index (κ2) is 9.19. The van der Waals surface area contributed by atoms with E-state index in [1.165, 1.54) is 36.9 Å². The molecule has 2 aliphatic heterocycles. The lowest BCUT2D eigenvalue weighted by Crippen LogP contribution is -2.44. The first-order valence-electron chi connectivity index (χ1n) is 11.2. The van der Waals surface area contributed by atoms with Gasteiger partial charge < -0.3 is 14.5 Å². The second-order valence-corrected chi connectivity index (χ2v) is 9.55. The minimum atomic E-state index is -0.407. The summed E-state index contributed by atoms with van der Waals surface area (Å²) in [6, 6.07) is 9.17. The molecule has 28 heavy (non-hydrogen) atoms. The number of nitrogens with zero attached hydrogens (tertiary/aromatic N) is 2. The molecule has 0 saturated carbocycles. The summed E-state index contributed by atoms with van der Waals surface area (Å²) >= 11 is 0. The molecule has 0 spiro atoms. The molecule has 0 unspecified atom stereocenters. The lowest BCUT2D eigenvalue weighted by atomic mass is 9.79. The number of ether oxygens (including phenoxy) is 1. The summed E-state index contributed by atoms with van der Waals surface area (Å²) in [7, 11) is 0. The van der Waals surface area contributed by atoms with Crippen LogP contribution in [0.3, 0.4) is 0 Å². The van der Waals surface area contributed by atoms with Crippen molar-refractivity contribution in [2.24, 2.45) is 11.8 Å². The van der Waals surface area contributed by atoms with E-state index >= 15 is 0 Å². The molecule has 0 bridgehead atoms. The van der Waals surface area contributed by atoms with E-state index in [2.05, 4.69) is 36.1 Å². The van der Waals surface area contributed by atoms with Crippen LogP contribution in [0.25, 0.3) is 0 Å². The van der Waals surface area contributed by atoms with Gasteiger partial charge in [0, 0.05) is 31.9 Å². The normalized spacial score (nSPS) is 19.7. The molecule has 156 valence electrons. The summed E-state index contributed by atoms with van der Waals surface area (Å²) in [4.78, 5) is 16.7. The number of carbonyl (C=O) groups is 1. The van der Waals surface area contributed by atoms with Crippen LogP contribution in [0.15, 0.2) is 24.3 Å². The highest BCUT2D eigenvalue weighted by atomic mass is 16.6. The van der Waals surface area contributed by atoms with Gasteiger partial charge in [-0.15, -0.1) is 0 Å². The van der Waals surface area contributed by atoms with Crippen LogP contribution in [0.1, 0.15) is 65.4 Å². The van der Waals surface area contributed by atoms with Gasteiger partial charge in [0.05, 0.1) is 0 Å². The first kappa shape index (κ1) is 21.0. The molecule has 0 radical (unpaired) electrons. The number of hydrogen-bond donors (Lipinski definition) is 0. The van der Waals surface area contributed by atoms with Gasteiger partial charge in [-0.3, -0.25) is 0 Å². The molecule has 2 aliphatic rings. The van der Waals surface area contributed by atoms with Crippen LogP contribution in [0.4, 0.5) is 10.5 Å². The fraction of sp³-hybridized carbons (Fsp3) is 0.708. The van der Waals surface area contributed by atoms with Crippen LogP contribution in [0, 0.1) is 11.8 Å². The van der Waals surface area contributed by atoms with E-state index in [1.54, 1.807) is 0 Å². The number of rotatable bonds is 4. The minimum Gasteiger partial charge on any atom is -0.444 e. The number of hydrogen-bond acceptors (Lipinski definition) is 3. The minimum absolute atomic E-state index is 0.146. The third-order valence-electron chi connectivity index (χ3n) is 6.24. The smallest absolute Gasteiger partial charge is 0.410 e. The highest BCUT2D eigenvalue weighted by molar-refractivity contribution is 5.68. The number of carbonyl (C=O) groups excluding carboxylic acids is 1. The number of amides is 1. The van der Waals surface area contributed by atoms with Crippen LogP contribution in [-0.2, 0) is 11.2 Å². The summed E-state index contributed by atoms with van der Waals surface area (Å²) in [6.45, 7) is 12.0. The Morgan fingerprint density at radius 1 is 0.964 bits per heavy atom. The van der Waals surface area contributed by atoms with E-state index in [-0.39, 0.29) is 6.09 Å². The van der Waals surface area contributed by atoms with Gasteiger partial charge in [0.15, 0.2) is 0 Å². The molecule has 1 aromatic carbocycles. The lowest BCUT2D eigenvalue weighted by Gasteiger charge is -2.41. The van der Waals surface area contributed by atoms with Crippen molar-refractivity contribution in [2.45, 2.75) is 71.8 Å². The number of anilines is 1. The third-order valence-corrected chi connectivity index (χ3v) is 6.24. The summed E-state index contributed by atoms with van der Waals surface area (Å²) in [5, 5.41) is 0. The van der Waals surface area contributed by atoms with Gasteiger partial charge in [-0.1, -0.05) is 25.5 Å². The molecule has 4 heteroatoms. The summed E-state index contributed by atoms with van der Waals surface area (Å²) in [6.07, 6.45) is 7.02. The van der Waals surface area contributed by atoms with E-state index in [0.29, 0.717) is 0 Å². The van der Waals surface area contributed by atoms with Gasteiger partial charge in [-0.2, -0.15) is 0 Å². The zero-order valence-corrected chi connectivity index (χ0v) is 18.2. The number of likely N-dealkylation sites (tertiary alicyclic amines) is 1. The Labute approximate surface area is 171 Å². The average Bonchev–Trinajstić information content (AvgIpc) is 2.68. The Kier molecular flexibility index (Phi) is 6.90. The van der Waals surface area contributed by atoms with Crippen LogP contribution in [0.5, 0.6) is 0 Å². The predicted octanol–water partition coefficient (Wildman–Crippen LogP) is 5.50. The summed E-state index contributed by atoms with van der Waals surface area (Å²) in [5.41, 5.74) is 2.41. The molecule has 0 atom stereocenters. The summed E-state index contributed by atoms with van der Waals surface area (Å²) < 4.78 is 5.52. The highest BCUT2D eigenvalue weighted by Crippen LogP contribution is 2.34. The van der Waals surface area contributed by atoms with Crippen molar-refractivity contribution >= 4 is 11.8 Å². The van der Waals surface area contributed by atoms with Gasteiger partial charge >= 0.3 is 6.09 Å². The van der Waals surface area contributed by atoms with Crippen molar-refractivity contribution in [3.63, 3.8) is 0 Å². The van der Waals surface area contributed by atoms with Gasteiger partial charge in [0.25, 0.3) is 0 Å². The topological polar surface area (TPSA) is 32.8 Å². The zero-order valence-electron chi connectivity index (χ0n) is 18.2. The molecule has 1 aromatic rings. The number of aryl methyl sites for hydroxylation is 1. The molecule has 0 aromatic heterocycles. The Balaban J connectivity index is 1.44. The Hall–Kier alpha value is -1.71. The van der Waals surface area contributed by atoms with E-state index in [0.717, 1.165) is 50.9 Å². The Morgan fingerprint density at radius 3 is 2.00 bits per heavy atom. The van der Waals surface area contributed by atoms with E-state index in [9.17, 15) is 4.79 Å². The van der Waals surface area contributed by atoms with Crippen molar-refractivity contribution in [3.8, 4) is 0 Å². The van der Waals surface area contributed by atoms with Crippen LogP contribution < -0.4 is 4.90 Å². The monoisotopic (exact) mass is 386 g/mol. The predicted molar refractivity (Wildman–Crippen MR) is 116 cm³/mol. The quantitative estimate of drug-likeness (QED) is 0.685. The molecule has 0 aliphatic carbocycles. The van der Waals surface area contributed by atoms with Crippen molar-refractivity contribution in [2.75, 3.05) is 31.1 Å². The first-order chi connectivity index (χ1) is 13.4. The van der Waals surface area contributed by atoms with Crippen molar-refractivity contribution in [3.05, 3.63) is 29.8 Å². The SMILES string of the molecule is CCCc1ccc(N2CCC(C3CCN(C(=O)OC(C)(C)C)CC3)CC2)cc1.